The molecule has 0 saturated carbocycles. The van der Waals surface area contributed by atoms with Gasteiger partial charge >= 0.3 is 5.97 Å². The van der Waals surface area contributed by atoms with E-state index >= 15 is 0 Å². The Morgan fingerprint density at radius 2 is 1.80 bits per heavy atom. The second-order valence-corrected chi connectivity index (χ2v) is 17.6. The van der Waals surface area contributed by atoms with Crippen LogP contribution in [0.4, 0.5) is 5.69 Å². The fraction of sp³-hybridized carbons (Fsp3) is 0.406. The van der Waals surface area contributed by atoms with E-state index in [1.165, 1.54) is 0 Å². The highest BCUT2D eigenvalue weighted by Crippen LogP contribution is 2.38. The van der Waals surface area contributed by atoms with Crippen LogP contribution < -0.4 is 10.5 Å². The molecule has 1 aliphatic rings. The zero-order chi connectivity index (χ0) is 29.5. The van der Waals surface area contributed by atoms with Gasteiger partial charge in [0.25, 0.3) is 5.56 Å². The van der Waals surface area contributed by atoms with Gasteiger partial charge < -0.3 is 19.0 Å². The lowest BCUT2D eigenvalue weighted by Gasteiger charge is -2.35. The average Bonchev–Trinajstić information content (AvgIpc) is 3.26. The van der Waals surface area contributed by atoms with Gasteiger partial charge in [0.2, 0.25) is 0 Å². The van der Waals surface area contributed by atoms with E-state index in [-0.39, 0.29) is 29.2 Å². The van der Waals surface area contributed by atoms with Gasteiger partial charge in [0.1, 0.15) is 11.4 Å². The molecule has 1 aromatic heterocycles. The predicted octanol–water partition coefficient (Wildman–Crippen LogP) is 6.61. The van der Waals surface area contributed by atoms with E-state index < -0.39 is 13.9 Å². The minimum absolute atomic E-state index is 0.0606. The number of anilines is 1. The molecule has 0 amide bonds. The molecule has 1 heterocycles. The SMILES string of the molecule is C#CCN(c1ccc(C(=O)OC(C)(C)C)cc1)[C@@H]1C=Cc2cc3nc(CO[Si](C)(C)C(C)(C)C)[nH]c(=O)c3cc21. The minimum atomic E-state index is -1.99. The molecule has 8 heteroatoms. The molecule has 40 heavy (non-hydrogen) atoms. The molecule has 1 atom stereocenters. The van der Waals surface area contributed by atoms with Crippen molar-refractivity contribution in [3.05, 3.63) is 75.3 Å². The smallest absolute Gasteiger partial charge is 0.338 e. The fourth-order valence-electron chi connectivity index (χ4n) is 4.35. The number of hydrogen-bond donors (Lipinski definition) is 1. The van der Waals surface area contributed by atoms with E-state index in [1.54, 1.807) is 12.1 Å². The summed E-state index contributed by atoms with van der Waals surface area (Å²) < 4.78 is 11.8. The number of esters is 1. The third kappa shape index (κ3) is 6.21. The van der Waals surface area contributed by atoms with Crippen molar-refractivity contribution in [1.82, 2.24) is 9.97 Å². The number of fused-ring (bicyclic) bond motifs is 2. The van der Waals surface area contributed by atoms with Crippen LogP contribution in [0.1, 0.15) is 74.9 Å². The van der Waals surface area contributed by atoms with Crippen LogP contribution in [0.2, 0.25) is 18.1 Å². The van der Waals surface area contributed by atoms with Crippen LogP contribution in [0.25, 0.3) is 17.0 Å². The third-order valence-electron chi connectivity index (χ3n) is 7.54. The van der Waals surface area contributed by atoms with Gasteiger partial charge in [-0.3, -0.25) is 4.79 Å². The summed E-state index contributed by atoms with van der Waals surface area (Å²) in [6.07, 6.45) is 9.86. The summed E-state index contributed by atoms with van der Waals surface area (Å²) in [6.45, 7) is 17.0. The maximum atomic E-state index is 13.1. The molecular weight excluding hydrogens is 518 g/mol. The summed E-state index contributed by atoms with van der Waals surface area (Å²) in [5.41, 5.74) is 3.15. The normalized spacial score (nSPS) is 15.1. The van der Waals surface area contributed by atoms with Crippen molar-refractivity contribution in [2.45, 2.75) is 77.9 Å². The summed E-state index contributed by atoms with van der Waals surface area (Å²) in [7, 11) is -1.99. The maximum absolute atomic E-state index is 13.1. The quantitative estimate of drug-likeness (QED) is 0.200. The lowest BCUT2D eigenvalue weighted by atomic mass is 10.0. The zero-order valence-corrected chi connectivity index (χ0v) is 25.7. The van der Waals surface area contributed by atoms with E-state index in [9.17, 15) is 9.59 Å². The molecule has 0 saturated heterocycles. The molecule has 7 nitrogen and oxygen atoms in total. The number of H-pyrrole nitrogens is 1. The van der Waals surface area contributed by atoms with Gasteiger partial charge in [-0.05, 0) is 86.4 Å². The van der Waals surface area contributed by atoms with Crippen molar-refractivity contribution in [1.29, 1.82) is 0 Å². The molecule has 1 aliphatic carbocycles. The highest BCUT2D eigenvalue weighted by Gasteiger charge is 2.37. The Hall–Kier alpha value is -3.67. The van der Waals surface area contributed by atoms with Crippen molar-refractivity contribution in [2.24, 2.45) is 0 Å². The molecule has 2 aromatic carbocycles. The van der Waals surface area contributed by atoms with E-state index in [2.05, 4.69) is 55.7 Å². The number of carbonyl (C=O) groups excluding carboxylic acids is 1. The monoisotopic (exact) mass is 557 g/mol. The average molecular weight is 558 g/mol. The predicted molar refractivity (Wildman–Crippen MR) is 164 cm³/mol. The summed E-state index contributed by atoms with van der Waals surface area (Å²) >= 11 is 0. The van der Waals surface area contributed by atoms with Crippen molar-refractivity contribution < 1.29 is 14.0 Å². The molecule has 0 bridgehead atoms. The van der Waals surface area contributed by atoms with Gasteiger partial charge in [0, 0.05) is 5.69 Å². The Balaban J connectivity index is 1.62. The topological polar surface area (TPSA) is 84.5 Å². The number of nitrogens with one attached hydrogen (secondary N) is 1. The first-order valence-corrected chi connectivity index (χ1v) is 16.4. The van der Waals surface area contributed by atoms with E-state index in [1.807, 2.05) is 51.1 Å². The van der Waals surface area contributed by atoms with Gasteiger partial charge in [-0.2, -0.15) is 0 Å². The molecule has 0 fully saturated rings. The largest absolute Gasteiger partial charge is 0.456 e. The van der Waals surface area contributed by atoms with Gasteiger partial charge in [0.05, 0.1) is 35.7 Å². The lowest BCUT2D eigenvalue weighted by molar-refractivity contribution is 0.00695. The summed E-state index contributed by atoms with van der Waals surface area (Å²) in [4.78, 5) is 35.3. The Bertz CT molecular complexity index is 1550. The number of benzene rings is 2. The van der Waals surface area contributed by atoms with E-state index in [4.69, 9.17) is 20.6 Å². The van der Waals surface area contributed by atoms with Crippen molar-refractivity contribution in [3.8, 4) is 12.3 Å². The number of carbonyl (C=O) groups is 1. The van der Waals surface area contributed by atoms with Gasteiger partial charge in [-0.15, -0.1) is 6.42 Å². The van der Waals surface area contributed by atoms with Crippen LogP contribution in [0, 0.1) is 12.3 Å². The van der Waals surface area contributed by atoms with Crippen molar-refractivity contribution >= 4 is 37.0 Å². The van der Waals surface area contributed by atoms with Crippen LogP contribution in [0.3, 0.4) is 0 Å². The highest BCUT2D eigenvalue weighted by atomic mass is 28.4. The molecule has 210 valence electrons. The molecule has 0 radical (unpaired) electrons. The number of aromatic amines is 1. The molecular formula is C32H39N3O4Si. The summed E-state index contributed by atoms with van der Waals surface area (Å²) in [5.74, 6) is 2.90. The van der Waals surface area contributed by atoms with Crippen molar-refractivity contribution in [3.63, 3.8) is 0 Å². The van der Waals surface area contributed by atoms with Gasteiger partial charge in [0.15, 0.2) is 8.32 Å². The molecule has 3 aromatic rings. The van der Waals surface area contributed by atoms with Crippen LogP contribution in [-0.4, -0.2) is 36.4 Å². The maximum Gasteiger partial charge on any atom is 0.338 e. The number of nitrogens with zero attached hydrogens (tertiary/aromatic N) is 2. The van der Waals surface area contributed by atoms with Crippen LogP contribution in [0.15, 0.2) is 47.3 Å². The second-order valence-electron chi connectivity index (χ2n) is 12.7. The Morgan fingerprint density at radius 3 is 2.40 bits per heavy atom. The third-order valence-corrected chi connectivity index (χ3v) is 12.0. The Kier molecular flexibility index (Phi) is 7.85. The number of hydrogen-bond acceptors (Lipinski definition) is 6. The molecule has 4 rings (SSSR count). The molecule has 0 spiro atoms. The number of rotatable bonds is 7. The van der Waals surface area contributed by atoms with E-state index in [0.29, 0.717) is 28.8 Å². The van der Waals surface area contributed by atoms with Gasteiger partial charge in [-0.1, -0.05) is 38.8 Å². The number of aromatic nitrogens is 2. The van der Waals surface area contributed by atoms with Crippen LogP contribution in [-0.2, 0) is 15.8 Å². The van der Waals surface area contributed by atoms with Crippen molar-refractivity contribution in [2.75, 3.05) is 11.4 Å². The van der Waals surface area contributed by atoms with Gasteiger partial charge in [-0.25, -0.2) is 9.78 Å². The summed E-state index contributed by atoms with van der Waals surface area (Å²) in [5, 5.41) is 0.579. The number of terminal acetylenes is 1. The Labute approximate surface area is 237 Å². The standard InChI is InChI=1S/C32H39N3O4Si/c1-10-17-35(23-14-11-21(12-15-23)30(37)39-31(2,3)4)27-16-13-22-18-26-25(19-24(22)27)29(36)34-28(33-26)20-38-40(8,9)32(5,6)7/h1,11-16,18-19,27H,17,20H2,2-9H3,(H,33,34,36)/t27-/m1/s1. The molecule has 0 aliphatic heterocycles. The van der Waals surface area contributed by atoms with Crippen LogP contribution in [0.5, 0.6) is 0 Å². The summed E-state index contributed by atoms with van der Waals surface area (Å²) in [6, 6.07) is 10.9. The first-order chi connectivity index (χ1) is 18.6. The van der Waals surface area contributed by atoms with E-state index in [0.717, 1.165) is 16.8 Å². The Morgan fingerprint density at radius 1 is 1.12 bits per heavy atom. The highest BCUT2D eigenvalue weighted by molar-refractivity contribution is 6.74. The molecule has 0 unspecified atom stereocenters. The first kappa shape index (κ1) is 29.3. The van der Waals surface area contributed by atoms with Crippen LogP contribution >= 0.6 is 0 Å². The minimum Gasteiger partial charge on any atom is -0.456 e. The first-order valence-electron chi connectivity index (χ1n) is 13.5. The fourth-order valence-corrected chi connectivity index (χ4v) is 5.28. The zero-order valence-electron chi connectivity index (χ0n) is 24.7. The number of ether oxygens (including phenoxy) is 1. The second kappa shape index (κ2) is 10.7. The lowest BCUT2D eigenvalue weighted by Crippen LogP contribution is -2.40. The molecule has 1 N–H and O–H groups in total.